The Kier molecular flexibility index (Phi) is 3.56. The quantitative estimate of drug-likeness (QED) is 0.806. The van der Waals surface area contributed by atoms with Gasteiger partial charge in [0.05, 0.1) is 12.7 Å². The lowest BCUT2D eigenvalue weighted by molar-refractivity contribution is -0.0390. The first-order valence-electron chi connectivity index (χ1n) is 5.15. The summed E-state index contributed by atoms with van der Waals surface area (Å²) in [6, 6.07) is 2.13. The molecule has 1 N–H and O–H groups in total. The van der Waals surface area contributed by atoms with E-state index in [4.69, 9.17) is 4.74 Å². The second-order valence-electron chi connectivity index (χ2n) is 3.96. The van der Waals surface area contributed by atoms with Gasteiger partial charge in [-0.05, 0) is 54.7 Å². The highest BCUT2D eigenvalue weighted by Crippen LogP contribution is 2.30. The Morgan fingerprint density at radius 3 is 3.07 bits per heavy atom. The van der Waals surface area contributed by atoms with Crippen LogP contribution in [0.3, 0.4) is 0 Å². The summed E-state index contributed by atoms with van der Waals surface area (Å²) in [6.07, 6.45) is 2.96. The third kappa shape index (κ3) is 2.56. The van der Waals surface area contributed by atoms with Crippen molar-refractivity contribution in [1.29, 1.82) is 0 Å². The summed E-state index contributed by atoms with van der Waals surface area (Å²) in [5.74, 6) is 0.840. The van der Waals surface area contributed by atoms with Crippen LogP contribution < -0.4 is 5.32 Å². The van der Waals surface area contributed by atoms with Gasteiger partial charge in [0.1, 0.15) is 0 Å². The van der Waals surface area contributed by atoms with Crippen molar-refractivity contribution >= 4 is 11.3 Å². The standard InChI is InChI=1S/C11H17NOS/c1-12-6-10-4-11(5-10)13-7-9-2-3-14-8-9/h2-3,8,10-12H,4-7H2,1H3. The van der Waals surface area contributed by atoms with Crippen LogP contribution in [0.2, 0.25) is 0 Å². The van der Waals surface area contributed by atoms with E-state index < -0.39 is 0 Å². The molecule has 1 fully saturated rings. The van der Waals surface area contributed by atoms with Crippen molar-refractivity contribution in [3.63, 3.8) is 0 Å². The summed E-state index contributed by atoms with van der Waals surface area (Å²) in [4.78, 5) is 0. The van der Waals surface area contributed by atoms with Crippen molar-refractivity contribution in [1.82, 2.24) is 5.32 Å². The highest BCUT2D eigenvalue weighted by atomic mass is 32.1. The fraction of sp³-hybridized carbons (Fsp3) is 0.636. The van der Waals surface area contributed by atoms with Crippen LogP contribution >= 0.6 is 11.3 Å². The first kappa shape index (κ1) is 10.1. The molecule has 0 aliphatic heterocycles. The van der Waals surface area contributed by atoms with E-state index in [1.165, 1.54) is 18.4 Å². The van der Waals surface area contributed by atoms with Crippen LogP contribution in [0.25, 0.3) is 0 Å². The number of hydrogen-bond acceptors (Lipinski definition) is 3. The van der Waals surface area contributed by atoms with Crippen LogP contribution in [0.4, 0.5) is 0 Å². The Morgan fingerprint density at radius 1 is 1.57 bits per heavy atom. The average molecular weight is 211 g/mol. The Hall–Kier alpha value is -0.380. The maximum Gasteiger partial charge on any atom is 0.0728 e. The number of hydrogen-bond donors (Lipinski definition) is 1. The van der Waals surface area contributed by atoms with Gasteiger partial charge >= 0.3 is 0 Å². The van der Waals surface area contributed by atoms with Gasteiger partial charge in [0, 0.05) is 0 Å². The molecule has 14 heavy (non-hydrogen) atoms. The lowest BCUT2D eigenvalue weighted by atomic mass is 9.82. The van der Waals surface area contributed by atoms with Gasteiger partial charge in [-0.3, -0.25) is 0 Å². The van der Waals surface area contributed by atoms with Crippen LogP contribution in [-0.2, 0) is 11.3 Å². The molecule has 1 aliphatic carbocycles. The molecule has 0 spiro atoms. The normalized spacial score (nSPS) is 26.1. The van der Waals surface area contributed by atoms with Crippen molar-refractivity contribution in [3.05, 3.63) is 22.4 Å². The molecule has 0 unspecified atom stereocenters. The third-order valence-electron chi connectivity index (χ3n) is 2.75. The molecule has 0 atom stereocenters. The van der Waals surface area contributed by atoms with E-state index in [9.17, 15) is 0 Å². The zero-order chi connectivity index (χ0) is 9.80. The molecule has 0 amide bonds. The third-order valence-corrected chi connectivity index (χ3v) is 3.48. The predicted octanol–water partition coefficient (Wildman–Crippen LogP) is 2.26. The minimum absolute atomic E-state index is 0.508. The molecular formula is C11H17NOS. The maximum atomic E-state index is 5.78. The first-order chi connectivity index (χ1) is 6.88. The lowest BCUT2D eigenvalue weighted by Crippen LogP contribution is -2.36. The first-order valence-corrected chi connectivity index (χ1v) is 6.10. The second kappa shape index (κ2) is 4.91. The molecule has 1 aromatic heterocycles. The van der Waals surface area contributed by atoms with E-state index >= 15 is 0 Å². The van der Waals surface area contributed by atoms with Crippen molar-refractivity contribution in [2.45, 2.75) is 25.6 Å². The van der Waals surface area contributed by atoms with Crippen LogP contribution in [0.5, 0.6) is 0 Å². The number of rotatable bonds is 5. The van der Waals surface area contributed by atoms with Crippen molar-refractivity contribution in [2.24, 2.45) is 5.92 Å². The van der Waals surface area contributed by atoms with Gasteiger partial charge in [-0.15, -0.1) is 0 Å². The number of nitrogens with one attached hydrogen (secondary N) is 1. The van der Waals surface area contributed by atoms with Crippen LogP contribution in [0.15, 0.2) is 16.8 Å². The van der Waals surface area contributed by atoms with Gasteiger partial charge in [0.2, 0.25) is 0 Å². The highest BCUT2D eigenvalue weighted by molar-refractivity contribution is 7.07. The van der Waals surface area contributed by atoms with Crippen LogP contribution in [0, 0.1) is 5.92 Å². The molecular weight excluding hydrogens is 194 g/mol. The van der Waals surface area contributed by atoms with E-state index in [2.05, 4.69) is 22.1 Å². The van der Waals surface area contributed by atoms with E-state index in [-0.39, 0.29) is 0 Å². The highest BCUT2D eigenvalue weighted by Gasteiger charge is 2.28. The smallest absolute Gasteiger partial charge is 0.0728 e. The molecule has 1 heterocycles. The van der Waals surface area contributed by atoms with Crippen molar-refractivity contribution in [2.75, 3.05) is 13.6 Å². The Bertz CT molecular complexity index is 254. The Morgan fingerprint density at radius 2 is 2.43 bits per heavy atom. The molecule has 1 aromatic rings. The second-order valence-corrected chi connectivity index (χ2v) is 4.74. The number of thiophene rings is 1. The summed E-state index contributed by atoms with van der Waals surface area (Å²) in [6.45, 7) is 1.93. The summed E-state index contributed by atoms with van der Waals surface area (Å²) >= 11 is 1.74. The van der Waals surface area contributed by atoms with E-state index in [1.807, 2.05) is 7.05 Å². The van der Waals surface area contributed by atoms with Crippen LogP contribution in [0.1, 0.15) is 18.4 Å². The molecule has 0 radical (unpaired) electrons. The fourth-order valence-electron chi connectivity index (χ4n) is 1.85. The fourth-order valence-corrected chi connectivity index (χ4v) is 2.51. The topological polar surface area (TPSA) is 21.3 Å². The molecule has 1 saturated carbocycles. The van der Waals surface area contributed by atoms with E-state index in [0.29, 0.717) is 6.10 Å². The zero-order valence-corrected chi connectivity index (χ0v) is 9.35. The molecule has 0 bridgehead atoms. The predicted molar refractivity (Wildman–Crippen MR) is 59.5 cm³/mol. The summed E-state index contributed by atoms with van der Waals surface area (Å²) in [7, 11) is 2.01. The largest absolute Gasteiger partial charge is 0.373 e. The molecule has 3 heteroatoms. The Labute approximate surface area is 89.3 Å². The monoisotopic (exact) mass is 211 g/mol. The average Bonchev–Trinajstić information content (AvgIpc) is 2.61. The summed E-state index contributed by atoms with van der Waals surface area (Å²) < 4.78 is 5.78. The zero-order valence-electron chi connectivity index (χ0n) is 8.53. The lowest BCUT2D eigenvalue weighted by Gasteiger charge is -2.34. The summed E-state index contributed by atoms with van der Waals surface area (Å²) in [5.41, 5.74) is 1.31. The maximum absolute atomic E-state index is 5.78. The molecule has 2 nitrogen and oxygen atoms in total. The molecule has 0 aromatic carbocycles. The molecule has 78 valence electrons. The minimum atomic E-state index is 0.508. The van der Waals surface area contributed by atoms with Gasteiger partial charge in [-0.25, -0.2) is 0 Å². The van der Waals surface area contributed by atoms with Gasteiger partial charge in [0.15, 0.2) is 0 Å². The van der Waals surface area contributed by atoms with Crippen LogP contribution in [-0.4, -0.2) is 19.7 Å². The van der Waals surface area contributed by atoms with Gasteiger partial charge < -0.3 is 10.1 Å². The van der Waals surface area contributed by atoms with Gasteiger partial charge in [-0.1, -0.05) is 0 Å². The molecule has 0 saturated heterocycles. The van der Waals surface area contributed by atoms with Crippen molar-refractivity contribution < 1.29 is 4.74 Å². The van der Waals surface area contributed by atoms with E-state index in [0.717, 1.165) is 19.1 Å². The molecule has 1 aliphatic rings. The summed E-state index contributed by atoms with van der Waals surface area (Å²) in [5, 5.41) is 7.46. The minimum Gasteiger partial charge on any atom is -0.373 e. The Balaban J connectivity index is 1.61. The van der Waals surface area contributed by atoms with E-state index in [1.54, 1.807) is 11.3 Å². The van der Waals surface area contributed by atoms with Gasteiger partial charge in [0.25, 0.3) is 0 Å². The van der Waals surface area contributed by atoms with Gasteiger partial charge in [-0.2, -0.15) is 11.3 Å². The molecule has 2 rings (SSSR count). The van der Waals surface area contributed by atoms with Crippen molar-refractivity contribution in [3.8, 4) is 0 Å². The number of ether oxygens (including phenoxy) is 1. The SMILES string of the molecule is CNCC1CC(OCc2ccsc2)C1.